The number of para-hydroxylation sites is 1. The number of hydrogen-bond donors (Lipinski definition) is 1. The van der Waals surface area contributed by atoms with Crippen LogP contribution in [-0.2, 0) is 0 Å². The SMILES string of the molecule is O=C(CSc1nnc2c(n1)[nH]c1ccccc12)c1ccccc1. The molecule has 2 heterocycles. The van der Waals surface area contributed by atoms with Crippen molar-refractivity contribution in [1.29, 1.82) is 0 Å². The van der Waals surface area contributed by atoms with E-state index < -0.39 is 0 Å². The molecule has 0 bridgehead atoms. The van der Waals surface area contributed by atoms with Gasteiger partial charge in [-0.15, -0.1) is 10.2 Å². The summed E-state index contributed by atoms with van der Waals surface area (Å²) in [5, 5.41) is 9.86. The summed E-state index contributed by atoms with van der Waals surface area (Å²) in [7, 11) is 0. The number of fused-ring (bicyclic) bond motifs is 3. The van der Waals surface area contributed by atoms with Crippen molar-refractivity contribution < 1.29 is 4.79 Å². The molecule has 5 nitrogen and oxygen atoms in total. The van der Waals surface area contributed by atoms with Gasteiger partial charge in [0, 0.05) is 16.5 Å². The van der Waals surface area contributed by atoms with E-state index in [1.807, 2.05) is 54.6 Å². The fourth-order valence-electron chi connectivity index (χ4n) is 2.40. The number of nitrogens with zero attached hydrogens (tertiary/aromatic N) is 3. The lowest BCUT2D eigenvalue weighted by Gasteiger charge is -2.00. The molecule has 23 heavy (non-hydrogen) atoms. The highest BCUT2D eigenvalue weighted by atomic mass is 32.2. The molecule has 0 radical (unpaired) electrons. The Morgan fingerprint density at radius 2 is 1.78 bits per heavy atom. The minimum atomic E-state index is 0.0518. The molecule has 0 spiro atoms. The summed E-state index contributed by atoms with van der Waals surface area (Å²) in [6.45, 7) is 0. The number of carbonyl (C=O) groups is 1. The quantitative estimate of drug-likeness (QED) is 0.460. The zero-order chi connectivity index (χ0) is 15.6. The molecule has 0 aliphatic rings. The molecule has 0 aliphatic heterocycles. The van der Waals surface area contributed by atoms with E-state index in [0.717, 1.165) is 16.4 Å². The van der Waals surface area contributed by atoms with Crippen LogP contribution in [0.1, 0.15) is 10.4 Å². The number of Topliss-reactive ketones (excluding diaryl/α,β-unsaturated/α-hetero) is 1. The maximum atomic E-state index is 12.1. The summed E-state index contributed by atoms with van der Waals surface area (Å²) in [5.41, 5.74) is 3.11. The third-order valence-electron chi connectivity index (χ3n) is 3.53. The van der Waals surface area contributed by atoms with Crippen LogP contribution < -0.4 is 0 Å². The highest BCUT2D eigenvalue weighted by Gasteiger charge is 2.11. The Labute approximate surface area is 136 Å². The molecule has 112 valence electrons. The standard InChI is InChI=1S/C17H12N4OS/c22-14(11-6-2-1-3-7-11)10-23-17-19-16-15(20-21-17)12-8-4-5-9-13(12)18-16/h1-9H,10H2,(H,18,19,21). The molecular weight excluding hydrogens is 308 g/mol. The minimum absolute atomic E-state index is 0.0518. The third-order valence-corrected chi connectivity index (χ3v) is 4.37. The molecule has 0 atom stereocenters. The van der Waals surface area contributed by atoms with Crippen molar-refractivity contribution >= 4 is 39.6 Å². The van der Waals surface area contributed by atoms with Crippen LogP contribution in [-0.4, -0.2) is 31.7 Å². The highest BCUT2D eigenvalue weighted by molar-refractivity contribution is 7.99. The average Bonchev–Trinajstić information content (AvgIpc) is 2.98. The van der Waals surface area contributed by atoms with Crippen molar-refractivity contribution in [2.75, 3.05) is 5.75 Å². The molecule has 2 aromatic carbocycles. The van der Waals surface area contributed by atoms with Gasteiger partial charge in [-0.25, -0.2) is 4.98 Å². The smallest absolute Gasteiger partial charge is 0.211 e. The van der Waals surface area contributed by atoms with E-state index in [9.17, 15) is 4.79 Å². The Bertz CT molecular complexity index is 997. The number of hydrogen-bond acceptors (Lipinski definition) is 5. The van der Waals surface area contributed by atoms with Crippen LogP contribution in [0.2, 0.25) is 0 Å². The number of carbonyl (C=O) groups excluding carboxylic acids is 1. The Hall–Kier alpha value is -2.73. The molecule has 1 N–H and O–H groups in total. The Morgan fingerprint density at radius 3 is 2.65 bits per heavy atom. The van der Waals surface area contributed by atoms with Crippen LogP contribution in [0.4, 0.5) is 0 Å². The second-order valence-corrected chi connectivity index (χ2v) is 5.98. The van der Waals surface area contributed by atoms with Crippen LogP contribution in [0.5, 0.6) is 0 Å². The molecule has 4 rings (SSSR count). The first kappa shape index (κ1) is 13.9. The summed E-state index contributed by atoms with van der Waals surface area (Å²) >= 11 is 1.29. The van der Waals surface area contributed by atoms with Crippen molar-refractivity contribution in [3.05, 3.63) is 60.2 Å². The van der Waals surface area contributed by atoms with Gasteiger partial charge in [0.2, 0.25) is 5.16 Å². The monoisotopic (exact) mass is 320 g/mol. The number of H-pyrrole nitrogens is 1. The fraction of sp³-hybridized carbons (Fsp3) is 0.0588. The highest BCUT2D eigenvalue weighted by Crippen LogP contribution is 2.23. The van der Waals surface area contributed by atoms with Gasteiger partial charge in [-0.3, -0.25) is 4.79 Å². The van der Waals surface area contributed by atoms with Crippen molar-refractivity contribution in [1.82, 2.24) is 20.2 Å². The molecule has 0 aliphatic carbocycles. The number of aromatic nitrogens is 4. The zero-order valence-corrected chi connectivity index (χ0v) is 12.9. The summed E-state index contributed by atoms with van der Waals surface area (Å²) in [6, 6.07) is 17.1. The minimum Gasteiger partial charge on any atom is -0.338 e. The van der Waals surface area contributed by atoms with Gasteiger partial charge in [-0.1, -0.05) is 60.3 Å². The van der Waals surface area contributed by atoms with Crippen molar-refractivity contribution in [2.24, 2.45) is 0 Å². The molecule has 0 fully saturated rings. The third kappa shape index (κ3) is 2.68. The predicted molar refractivity (Wildman–Crippen MR) is 90.7 cm³/mol. The maximum Gasteiger partial charge on any atom is 0.211 e. The topological polar surface area (TPSA) is 71.5 Å². The van der Waals surface area contributed by atoms with E-state index in [1.54, 1.807) is 0 Å². The average molecular weight is 320 g/mol. The molecule has 4 aromatic rings. The van der Waals surface area contributed by atoms with Crippen molar-refractivity contribution in [3.8, 4) is 0 Å². The second kappa shape index (κ2) is 5.81. The van der Waals surface area contributed by atoms with E-state index in [1.165, 1.54) is 11.8 Å². The Morgan fingerprint density at radius 1 is 1.00 bits per heavy atom. The molecule has 0 unspecified atom stereocenters. The molecule has 6 heteroatoms. The van der Waals surface area contributed by atoms with E-state index in [0.29, 0.717) is 16.4 Å². The lowest BCUT2D eigenvalue weighted by atomic mass is 10.2. The lowest BCUT2D eigenvalue weighted by Crippen LogP contribution is -2.03. The summed E-state index contributed by atoms with van der Waals surface area (Å²) in [6.07, 6.45) is 0. The van der Waals surface area contributed by atoms with E-state index in [4.69, 9.17) is 0 Å². The van der Waals surface area contributed by atoms with E-state index >= 15 is 0 Å². The van der Waals surface area contributed by atoms with Crippen LogP contribution in [0.25, 0.3) is 22.1 Å². The summed E-state index contributed by atoms with van der Waals surface area (Å²) in [4.78, 5) is 19.8. The van der Waals surface area contributed by atoms with Gasteiger partial charge in [-0.2, -0.15) is 0 Å². The van der Waals surface area contributed by atoms with Gasteiger partial charge in [0.1, 0.15) is 5.52 Å². The van der Waals surface area contributed by atoms with E-state index in [2.05, 4.69) is 20.2 Å². The molecule has 0 saturated heterocycles. The molecular formula is C17H12N4OS. The number of benzene rings is 2. The molecule has 0 amide bonds. The molecule has 0 saturated carbocycles. The van der Waals surface area contributed by atoms with Gasteiger partial charge in [0.05, 0.1) is 5.75 Å². The van der Waals surface area contributed by atoms with Crippen LogP contribution >= 0.6 is 11.8 Å². The number of thioether (sulfide) groups is 1. The summed E-state index contributed by atoms with van der Waals surface area (Å²) in [5.74, 6) is 0.341. The van der Waals surface area contributed by atoms with Gasteiger partial charge in [0.25, 0.3) is 0 Å². The van der Waals surface area contributed by atoms with Gasteiger partial charge in [-0.05, 0) is 6.07 Å². The van der Waals surface area contributed by atoms with Crippen molar-refractivity contribution in [3.63, 3.8) is 0 Å². The first-order valence-electron chi connectivity index (χ1n) is 7.13. The lowest BCUT2D eigenvalue weighted by molar-refractivity contribution is 0.102. The van der Waals surface area contributed by atoms with Gasteiger partial charge >= 0.3 is 0 Å². The van der Waals surface area contributed by atoms with E-state index in [-0.39, 0.29) is 11.5 Å². The summed E-state index contributed by atoms with van der Waals surface area (Å²) < 4.78 is 0. The predicted octanol–water partition coefficient (Wildman–Crippen LogP) is 3.48. The first-order valence-corrected chi connectivity index (χ1v) is 8.12. The number of aromatic amines is 1. The largest absolute Gasteiger partial charge is 0.338 e. The maximum absolute atomic E-state index is 12.1. The normalized spacial score (nSPS) is 11.1. The Kier molecular flexibility index (Phi) is 3.51. The van der Waals surface area contributed by atoms with Crippen LogP contribution in [0.15, 0.2) is 59.8 Å². The molecule has 2 aromatic heterocycles. The Balaban J connectivity index is 1.58. The number of nitrogens with one attached hydrogen (secondary N) is 1. The number of rotatable bonds is 4. The number of ketones is 1. The second-order valence-electron chi connectivity index (χ2n) is 5.04. The fourth-order valence-corrected chi connectivity index (χ4v) is 3.09. The first-order chi connectivity index (χ1) is 11.3. The van der Waals surface area contributed by atoms with Crippen LogP contribution in [0, 0.1) is 0 Å². The van der Waals surface area contributed by atoms with Crippen LogP contribution in [0.3, 0.4) is 0 Å². The van der Waals surface area contributed by atoms with Gasteiger partial charge in [0.15, 0.2) is 11.4 Å². The zero-order valence-electron chi connectivity index (χ0n) is 12.1. The van der Waals surface area contributed by atoms with Crippen molar-refractivity contribution in [2.45, 2.75) is 5.16 Å². The van der Waals surface area contributed by atoms with Gasteiger partial charge < -0.3 is 4.98 Å².